The maximum absolute atomic E-state index is 17.6. The minimum atomic E-state index is -3.77. The molecule has 4 nitrogen and oxygen atoms in total. The van der Waals surface area contributed by atoms with Crippen LogP contribution < -0.4 is 10.7 Å². The second kappa shape index (κ2) is 12.4. The Morgan fingerprint density at radius 3 is 1.84 bits per heavy atom. The molecule has 4 aliphatic rings. The van der Waals surface area contributed by atoms with Gasteiger partial charge in [0, 0.05) is 86.9 Å². The molecule has 2 N–H and O–H groups in total. The number of thioether (sulfide) groups is 2. The summed E-state index contributed by atoms with van der Waals surface area (Å²) >= 11 is 3.72. The molecule has 0 saturated heterocycles. The Morgan fingerprint density at radius 2 is 1.14 bits per heavy atom. The minimum absolute atomic E-state index is 0.00447. The quantitative estimate of drug-likeness (QED) is 0.175. The number of para-hydroxylation sites is 2. The van der Waals surface area contributed by atoms with Crippen molar-refractivity contribution in [3.8, 4) is 0 Å². The van der Waals surface area contributed by atoms with Crippen molar-refractivity contribution >= 4 is 95.9 Å². The molecule has 0 radical (unpaired) electrons. The normalized spacial score (nSPS) is 19.4. The van der Waals surface area contributed by atoms with Gasteiger partial charge in [0.1, 0.15) is 5.44 Å². The number of nitrogens with zero attached hydrogens (tertiary/aromatic N) is 1. The molecule has 0 spiro atoms. The van der Waals surface area contributed by atoms with Crippen molar-refractivity contribution in [3.05, 3.63) is 198 Å². The Balaban J connectivity index is 1.23. The van der Waals surface area contributed by atoms with Crippen molar-refractivity contribution in [3.63, 3.8) is 0 Å². The summed E-state index contributed by atoms with van der Waals surface area (Å²) in [4.78, 5) is 15.0. The van der Waals surface area contributed by atoms with E-state index in [0.717, 1.165) is 70.6 Å². The molecule has 5 heterocycles. The average Bonchev–Trinajstić information content (AvgIpc) is 3.84. The molecule has 56 heavy (non-hydrogen) atoms. The van der Waals surface area contributed by atoms with E-state index in [0.29, 0.717) is 5.44 Å². The van der Waals surface area contributed by atoms with E-state index in [1.54, 1.807) is 0 Å². The summed E-state index contributed by atoms with van der Waals surface area (Å²) in [7, 11) is -3.77. The van der Waals surface area contributed by atoms with Crippen LogP contribution in [-0.4, -0.2) is 25.5 Å². The highest BCUT2D eigenvalue weighted by atomic mass is 32.2. The van der Waals surface area contributed by atoms with E-state index in [9.17, 15) is 0 Å². The predicted octanol–water partition coefficient (Wildman–Crippen LogP) is 12.1. The van der Waals surface area contributed by atoms with Gasteiger partial charge in [0.25, 0.3) is 0 Å². The molecule has 5 aromatic carbocycles. The Bertz CT molecular complexity index is 3250. The van der Waals surface area contributed by atoms with Gasteiger partial charge in [0.2, 0.25) is 0 Å². The lowest BCUT2D eigenvalue weighted by Crippen LogP contribution is -2.27. The van der Waals surface area contributed by atoms with Gasteiger partial charge in [-0.05, 0) is 59.2 Å². The molecule has 8 aromatic rings. The number of benzene rings is 5. The smallest absolute Gasteiger partial charge is 0.190 e. The molecular formula is C49H32N3OPS2. The lowest BCUT2D eigenvalue weighted by atomic mass is 9.87. The highest BCUT2D eigenvalue weighted by Gasteiger charge is 2.44. The third kappa shape index (κ3) is 4.58. The summed E-state index contributed by atoms with van der Waals surface area (Å²) in [6, 6.07) is 40.2. The van der Waals surface area contributed by atoms with Crippen molar-refractivity contribution in [2.24, 2.45) is 0 Å². The summed E-state index contributed by atoms with van der Waals surface area (Å²) in [6.07, 6.45) is 19.3. The first kappa shape index (κ1) is 32.5. The van der Waals surface area contributed by atoms with E-state index >= 15 is 4.57 Å². The molecular weight excluding hydrogens is 742 g/mol. The minimum Gasteiger partial charge on any atom is -0.354 e. The van der Waals surface area contributed by atoms with E-state index < -0.39 is 7.14 Å². The second-order valence-corrected chi connectivity index (χ2v) is 19.6. The third-order valence-electron chi connectivity index (χ3n) is 11.6. The average molecular weight is 774 g/mol. The highest BCUT2D eigenvalue weighted by molar-refractivity contribution is 8.01. The van der Waals surface area contributed by atoms with Crippen molar-refractivity contribution in [2.75, 3.05) is 0 Å². The number of H-pyrrole nitrogens is 2. The lowest BCUT2D eigenvalue weighted by molar-refractivity contribution is 0.592. The zero-order chi connectivity index (χ0) is 37.0. The maximum Gasteiger partial charge on any atom is 0.190 e. The lowest BCUT2D eigenvalue weighted by Gasteiger charge is -2.35. The molecule has 3 unspecified atom stereocenters. The van der Waals surface area contributed by atoms with Crippen LogP contribution in [0.2, 0.25) is 0 Å². The van der Waals surface area contributed by atoms with Gasteiger partial charge in [-0.3, -0.25) is 4.98 Å². The van der Waals surface area contributed by atoms with Gasteiger partial charge in [0.05, 0.1) is 10.5 Å². The number of allylic oxidation sites excluding steroid dienone is 6. The Kier molecular flexibility index (Phi) is 7.17. The van der Waals surface area contributed by atoms with Crippen molar-refractivity contribution in [1.82, 2.24) is 15.0 Å². The largest absolute Gasteiger partial charge is 0.354 e. The Hall–Kier alpha value is -5.78. The number of nitrogens with one attached hydrogen (secondary N) is 2. The van der Waals surface area contributed by atoms with Gasteiger partial charge in [-0.1, -0.05) is 121 Å². The number of hydrogen-bond donors (Lipinski definition) is 2. The number of rotatable bonds is 4. The van der Waals surface area contributed by atoms with Crippen LogP contribution in [0.4, 0.5) is 0 Å². The number of pyridine rings is 1. The second-order valence-electron chi connectivity index (χ2n) is 14.6. The topological polar surface area (TPSA) is 61.5 Å². The van der Waals surface area contributed by atoms with E-state index in [-0.39, 0.29) is 10.5 Å². The van der Waals surface area contributed by atoms with Gasteiger partial charge in [-0.15, -0.1) is 23.5 Å². The monoisotopic (exact) mass is 773 g/mol. The maximum atomic E-state index is 17.6. The van der Waals surface area contributed by atoms with Crippen LogP contribution in [0, 0.1) is 0 Å². The summed E-state index contributed by atoms with van der Waals surface area (Å²) in [5, 5.41) is 6.34. The molecule has 12 rings (SSSR count). The first-order chi connectivity index (χ1) is 27.7. The van der Waals surface area contributed by atoms with Gasteiger partial charge >= 0.3 is 0 Å². The zero-order valence-electron chi connectivity index (χ0n) is 29.9. The van der Waals surface area contributed by atoms with E-state index in [1.807, 2.05) is 66.1 Å². The number of hydrogen-bond acceptors (Lipinski definition) is 4. The molecule has 7 heteroatoms. The van der Waals surface area contributed by atoms with Crippen LogP contribution >= 0.6 is 30.7 Å². The predicted molar refractivity (Wildman–Crippen MR) is 238 cm³/mol. The molecule has 0 bridgehead atoms. The molecule has 0 amide bonds. The van der Waals surface area contributed by atoms with Crippen LogP contribution in [0.15, 0.2) is 191 Å². The Labute approximate surface area is 331 Å². The van der Waals surface area contributed by atoms with E-state index in [4.69, 9.17) is 4.98 Å². The van der Waals surface area contributed by atoms with E-state index in [2.05, 4.69) is 137 Å². The van der Waals surface area contributed by atoms with Crippen LogP contribution in [0.25, 0.3) is 54.5 Å². The number of aromatic amines is 2. The first-order valence-corrected chi connectivity index (χ1v) is 22.3. The van der Waals surface area contributed by atoms with E-state index in [1.165, 1.54) is 26.8 Å². The fourth-order valence-corrected chi connectivity index (χ4v) is 15.1. The first-order valence-electron chi connectivity index (χ1n) is 18.9. The number of fused-ring (bicyclic) bond motifs is 12. The summed E-state index contributed by atoms with van der Waals surface area (Å²) in [5.74, 6) is 0. The molecule has 2 aliphatic heterocycles. The summed E-state index contributed by atoms with van der Waals surface area (Å²) in [6.45, 7) is 0. The van der Waals surface area contributed by atoms with Gasteiger partial charge in [-0.2, -0.15) is 0 Å². The SMILES string of the molecule is O=P(C1=C2C=CC=CC2Sc2ccc3[nH]c4ccccc4c3c21)(c1ccccc1)c1ncccc1C1=C2C=CC=CC2Sc2ccc3[nH]c4ccccc4c3c21. The van der Waals surface area contributed by atoms with Crippen molar-refractivity contribution < 1.29 is 4.57 Å². The Morgan fingerprint density at radius 1 is 0.554 bits per heavy atom. The fraction of sp³-hybridized carbons (Fsp3) is 0.0408. The van der Waals surface area contributed by atoms with Gasteiger partial charge in [-0.25, -0.2) is 0 Å². The third-order valence-corrected chi connectivity index (χ3v) is 17.2. The molecule has 0 fully saturated rings. The van der Waals surface area contributed by atoms with Gasteiger partial charge in [0.15, 0.2) is 7.14 Å². The summed E-state index contributed by atoms with van der Waals surface area (Å²) < 4.78 is 17.6. The van der Waals surface area contributed by atoms with Gasteiger partial charge < -0.3 is 14.5 Å². The molecule has 266 valence electrons. The fourth-order valence-electron chi connectivity index (χ4n) is 9.25. The van der Waals surface area contributed by atoms with Crippen LogP contribution in [0.1, 0.15) is 16.7 Å². The highest BCUT2D eigenvalue weighted by Crippen LogP contribution is 2.65. The molecule has 2 aliphatic carbocycles. The van der Waals surface area contributed by atoms with Crippen LogP contribution in [0.3, 0.4) is 0 Å². The van der Waals surface area contributed by atoms with Crippen molar-refractivity contribution in [1.29, 1.82) is 0 Å². The van der Waals surface area contributed by atoms with Crippen LogP contribution in [-0.2, 0) is 4.57 Å². The van der Waals surface area contributed by atoms with Crippen LogP contribution in [0.5, 0.6) is 0 Å². The zero-order valence-corrected chi connectivity index (χ0v) is 32.5. The molecule has 3 aromatic heterocycles. The standard InChI is InChI=1S/C49H32N3OPS2/c53-54(29-13-2-1-3-14-29,48-33-18-7-11-23-40(33)56-42-27-25-38-45(47(42)48)31-16-5-9-21-36(31)52-38)49-34(19-12-28-50-49)43-32-17-6-10-22-39(32)55-41-26-24-37-44(46(41)43)30-15-4-8-20-35(30)51-37/h1-28,39-40,51-52H. The summed E-state index contributed by atoms with van der Waals surface area (Å²) in [5.41, 5.74) is 11.4. The molecule has 3 atom stereocenters. The number of aromatic nitrogens is 3. The molecule has 0 saturated carbocycles. The van der Waals surface area contributed by atoms with Crippen molar-refractivity contribution in [2.45, 2.75) is 20.3 Å².